The van der Waals surface area contributed by atoms with E-state index in [2.05, 4.69) is 26.8 Å². The molecule has 1 aliphatic rings. The van der Waals surface area contributed by atoms with Crippen molar-refractivity contribution in [1.29, 1.82) is 0 Å². The molecule has 0 saturated heterocycles. The second kappa shape index (κ2) is 6.24. The maximum atomic E-state index is 5.77. The van der Waals surface area contributed by atoms with Gasteiger partial charge in [0, 0.05) is 13.1 Å². The van der Waals surface area contributed by atoms with Crippen molar-refractivity contribution >= 4 is 11.9 Å². The second-order valence-electron chi connectivity index (χ2n) is 5.88. The number of anilines is 2. The van der Waals surface area contributed by atoms with Crippen molar-refractivity contribution in [1.82, 2.24) is 15.0 Å². The van der Waals surface area contributed by atoms with Gasteiger partial charge in [-0.3, -0.25) is 0 Å². The number of nitrogens with zero attached hydrogens (tertiary/aromatic N) is 4. The van der Waals surface area contributed by atoms with Gasteiger partial charge in [-0.25, -0.2) is 0 Å². The minimum Gasteiger partial charge on any atom is -0.461 e. The average Bonchev–Trinajstić information content (AvgIpc) is 2.37. The molecule has 1 aromatic heterocycles. The smallest absolute Gasteiger partial charge is 0.323 e. The summed E-state index contributed by atoms with van der Waals surface area (Å²) in [6.07, 6.45) is 5.01. The molecular weight excluding hydrogens is 254 g/mol. The predicted molar refractivity (Wildman–Crippen MR) is 79.8 cm³/mol. The summed E-state index contributed by atoms with van der Waals surface area (Å²) in [5.74, 6) is 1.45. The largest absolute Gasteiger partial charge is 0.461 e. The third-order valence-corrected chi connectivity index (χ3v) is 3.84. The molecule has 2 unspecified atom stereocenters. The molecular formula is C14H25N5O. The van der Waals surface area contributed by atoms with Crippen LogP contribution in [0.15, 0.2) is 0 Å². The molecule has 0 spiro atoms. The molecule has 20 heavy (non-hydrogen) atoms. The topological polar surface area (TPSA) is 77.2 Å². The van der Waals surface area contributed by atoms with Crippen LogP contribution < -0.4 is 15.4 Å². The van der Waals surface area contributed by atoms with Crippen molar-refractivity contribution in [2.75, 3.05) is 17.7 Å². The summed E-state index contributed by atoms with van der Waals surface area (Å²) >= 11 is 0. The van der Waals surface area contributed by atoms with Gasteiger partial charge in [0.2, 0.25) is 11.9 Å². The van der Waals surface area contributed by atoms with Gasteiger partial charge in [0.15, 0.2) is 0 Å². The highest BCUT2D eigenvalue weighted by molar-refractivity contribution is 5.36. The number of hydrogen-bond acceptors (Lipinski definition) is 6. The maximum absolute atomic E-state index is 5.77. The van der Waals surface area contributed by atoms with Crippen molar-refractivity contribution in [2.24, 2.45) is 5.92 Å². The molecule has 1 aromatic rings. The molecule has 0 bridgehead atoms. The highest BCUT2D eigenvalue weighted by atomic mass is 16.5. The molecule has 0 radical (unpaired) electrons. The van der Waals surface area contributed by atoms with Crippen LogP contribution in [0.2, 0.25) is 0 Å². The van der Waals surface area contributed by atoms with E-state index in [0.717, 1.165) is 0 Å². The molecule has 112 valence electrons. The van der Waals surface area contributed by atoms with Crippen LogP contribution in [-0.4, -0.2) is 34.1 Å². The first-order chi connectivity index (χ1) is 9.47. The lowest BCUT2D eigenvalue weighted by Crippen LogP contribution is -2.40. The van der Waals surface area contributed by atoms with E-state index in [0.29, 0.717) is 23.9 Å². The lowest BCUT2D eigenvalue weighted by molar-refractivity contribution is 0.221. The first kappa shape index (κ1) is 14.8. The summed E-state index contributed by atoms with van der Waals surface area (Å²) in [5, 5.41) is 0. The van der Waals surface area contributed by atoms with Crippen LogP contribution in [0.1, 0.15) is 46.5 Å². The maximum Gasteiger partial charge on any atom is 0.323 e. The van der Waals surface area contributed by atoms with E-state index in [1.807, 2.05) is 20.9 Å². The Labute approximate surface area is 120 Å². The lowest BCUT2D eigenvalue weighted by atomic mass is 9.85. The molecule has 0 aromatic carbocycles. The van der Waals surface area contributed by atoms with Crippen LogP contribution in [-0.2, 0) is 0 Å². The second-order valence-corrected chi connectivity index (χ2v) is 5.88. The molecule has 2 rings (SSSR count). The van der Waals surface area contributed by atoms with Gasteiger partial charge in [-0.1, -0.05) is 19.8 Å². The summed E-state index contributed by atoms with van der Waals surface area (Å²) in [5.41, 5.74) is 5.77. The summed E-state index contributed by atoms with van der Waals surface area (Å²) in [4.78, 5) is 14.8. The zero-order valence-electron chi connectivity index (χ0n) is 12.8. The van der Waals surface area contributed by atoms with Gasteiger partial charge in [0.25, 0.3) is 0 Å². The van der Waals surface area contributed by atoms with E-state index >= 15 is 0 Å². The zero-order chi connectivity index (χ0) is 14.7. The third-order valence-electron chi connectivity index (χ3n) is 3.84. The van der Waals surface area contributed by atoms with Gasteiger partial charge in [-0.2, -0.15) is 15.0 Å². The third kappa shape index (κ3) is 3.49. The molecule has 1 heterocycles. The van der Waals surface area contributed by atoms with Crippen LogP contribution in [0, 0.1) is 5.92 Å². The molecule has 0 aliphatic heterocycles. The summed E-state index contributed by atoms with van der Waals surface area (Å²) < 4.78 is 5.53. The molecule has 1 saturated carbocycles. The molecule has 1 aliphatic carbocycles. The highest BCUT2D eigenvalue weighted by Crippen LogP contribution is 2.29. The van der Waals surface area contributed by atoms with Gasteiger partial charge in [0.1, 0.15) is 0 Å². The first-order valence-corrected chi connectivity index (χ1v) is 7.38. The van der Waals surface area contributed by atoms with E-state index < -0.39 is 0 Å². The van der Waals surface area contributed by atoms with Crippen LogP contribution in [0.5, 0.6) is 6.01 Å². The van der Waals surface area contributed by atoms with Crippen LogP contribution in [0.3, 0.4) is 0 Å². The number of nitrogen functional groups attached to an aromatic ring is 1. The predicted octanol–water partition coefficient (Wildman–Crippen LogP) is 2.26. The van der Waals surface area contributed by atoms with Crippen LogP contribution in [0.25, 0.3) is 0 Å². The van der Waals surface area contributed by atoms with Gasteiger partial charge in [-0.15, -0.1) is 0 Å². The van der Waals surface area contributed by atoms with Crippen molar-refractivity contribution in [3.05, 3.63) is 0 Å². The molecule has 2 N–H and O–H groups in total. The Morgan fingerprint density at radius 1 is 1.20 bits per heavy atom. The average molecular weight is 279 g/mol. The number of hydrogen-bond donors (Lipinski definition) is 1. The van der Waals surface area contributed by atoms with Gasteiger partial charge < -0.3 is 15.4 Å². The fraction of sp³-hybridized carbons (Fsp3) is 0.786. The highest BCUT2D eigenvalue weighted by Gasteiger charge is 2.27. The van der Waals surface area contributed by atoms with Crippen molar-refractivity contribution < 1.29 is 4.74 Å². The SMILES string of the molecule is CC(C)Oc1nc(N)nc(N(C)C2CCCCC2C)n1. The Hall–Kier alpha value is -1.59. The number of rotatable bonds is 4. The van der Waals surface area contributed by atoms with Crippen molar-refractivity contribution in [3.8, 4) is 6.01 Å². The standard InChI is InChI=1S/C14H25N5O/c1-9(2)20-14-17-12(15)16-13(18-14)19(4)11-8-6-5-7-10(11)3/h9-11H,5-8H2,1-4H3,(H2,15,16,17,18). The Bertz CT molecular complexity index is 451. The monoisotopic (exact) mass is 279 g/mol. The summed E-state index contributed by atoms with van der Waals surface area (Å²) in [7, 11) is 2.03. The van der Waals surface area contributed by atoms with Gasteiger partial charge >= 0.3 is 6.01 Å². The Morgan fingerprint density at radius 3 is 2.55 bits per heavy atom. The molecule has 6 nitrogen and oxygen atoms in total. The quantitative estimate of drug-likeness (QED) is 0.911. The minimum atomic E-state index is 0.0172. The van der Waals surface area contributed by atoms with Gasteiger partial charge in [0.05, 0.1) is 6.10 Å². The summed E-state index contributed by atoms with van der Waals surface area (Å²) in [6.45, 7) is 6.16. The normalized spacial score (nSPS) is 22.9. The lowest BCUT2D eigenvalue weighted by Gasteiger charge is -2.36. The number of aromatic nitrogens is 3. The minimum absolute atomic E-state index is 0.0172. The van der Waals surface area contributed by atoms with E-state index in [1.165, 1.54) is 25.7 Å². The fourth-order valence-electron chi connectivity index (χ4n) is 2.80. The Balaban J connectivity index is 2.20. The molecule has 6 heteroatoms. The van der Waals surface area contributed by atoms with Gasteiger partial charge in [-0.05, 0) is 32.6 Å². The van der Waals surface area contributed by atoms with E-state index in [1.54, 1.807) is 0 Å². The summed E-state index contributed by atoms with van der Waals surface area (Å²) in [6, 6.07) is 0.760. The Kier molecular flexibility index (Phi) is 4.62. The van der Waals surface area contributed by atoms with Crippen molar-refractivity contribution in [3.63, 3.8) is 0 Å². The fourth-order valence-corrected chi connectivity index (χ4v) is 2.80. The first-order valence-electron chi connectivity index (χ1n) is 7.38. The molecule has 1 fully saturated rings. The van der Waals surface area contributed by atoms with Crippen LogP contribution >= 0.6 is 0 Å². The molecule has 2 atom stereocenters. The van der Waals surface area contributed by atoms with E-state index in [9.17, 15) is 0 Å². The van der Waals surface area contributed by atoms with Crippen molar-refractivity contribution in [2.45, 2.75) is 58.6 Å². The molecule has 0 amide bonds. The zero-order valence-corrected chi connectivity index (χ0v) is 12.8. The number of nitrogens with two attached hydrogens (primary N) is 1. The van der Waals surface area contributed by atoms with E-state index in [4.69, 9.17) is 10.5 Å². The van der Waals surface area contributed by atoms with Crippen LogP contribution in [0.4, 0.5) is 11.9 Å². The van der Waals surface area contributed by atoms with E-state index in [-0.39, 0.29) is 12.1 Å². The Morgan fingerprint density at radius 2 is 1.90 bits per heavy atom. The number of ether oxygens (including phenoxy) is 1.